The van der Waals surface area contributed by atoms with E-state index in [0.29, 0.717) is 0 Å². The van der Waals surface area contributed by atoms with Gasteiger partial charge in [-0.15, -0.1) is 11.3 Å². The van der Waals surface area contributed by atoms with Crippen LogP contribution in [0, 0.1) is 13.8 Å². The van der Waals surface area contributed by atoms with Crippen LogP contribution >= 0.6 is 11.3 Å². The number of hydrogen-bond acceptors (Lipinski definition) is 5. The maximum Gasteiger partial charge on any atom is 0.139 e. The van der Waals surface area contributed by atoms with Crippen molar-refractivity contribution in [2.75, 3.05) is 5.32 Å². The number of rotatable bonds is 3. The van der Waals surface area contributed by atoms with Crippen LogP contribution in [0.15, 0.2) is 29.0 Å². The topological polar surface area (TPSA) is 51.0 Å². The standard InChI is InChI=1S/C14H15N3OS/c1-8-13(19-10(3)16-8)9(2)17-14-11-5-7-18-12(11)4-6-15-14/h4-7,9H,1-3H3,(H,15,17). The Labute approximate surface area is 115 Å². The van der Waals surface area contributed by atoms with Crippen LogP contribution in [0.3, 0.4) is 0 Å². The Morgan fingerprint density at radius 1 is 1.32 bits per heavy atom. The van der Waals surface area contributed by atoms with Crippen LogP contribution in [-0.4, -0.2) is 9.97 Å². The number of aromatic nitrogens is 2. The Morgan fingerprint density at radius 2 is 2.16 bits per heavy atom. The van der Waals surface area contributed by atoms with Crippen molar-refractivity contribution in [3.05, 3.63) is 40.2 Å². The van der Waals surface area contributed by atoms with E-state index in [4.69, 9.17) is 4.42 Å². The van der Waals surface area contributed by atoms with Crippen molar-refractivity contribution in [1.29, 1.82) is 0 Å². The third kappa shape index (κ3) is 2.21. The lowest BCUT2D eigenvalue weighted by atomic mass is 10.2. The van der Waals surface area contributed by atoms with Gasteiger partial charge in [-0.1, -0.05) is 0 Å². The molecule has 0 amide bonds. The Morgan fingerprint density at radius 3 is 2.89 bits per heavy atom. The molecule has 0 aliphatic carbocycles. The lowest BCUT2D eigenvalue weighted by Crippen LogP contribution is -2.07. The fraction of sp³-hybridized carbons (Fsp3) is 0.286. The average molecular weight is 273 g/mol. The van der Waals surface area contributed by atoms with Crippen molar-refractivity contribution in [2.45, 2.75) is 26.8 Å². The van der Waals surface area contributed by atoms with Crippen molar-refractivity contribution in [1.82, 2.24) is 9.97 Å². The molecule has 0 saturated carbocycles. The second kappa shape index (κ2) is 4.66. The molecule has 5 heteroatoms. The maximum atomic E-state index is 5.38. The van der Waals surface area contributed by atoms with Gasteiger partial charge >= 0.3 is 0 Å². The molecule has 3 aromatic heterocycles. The molecule has 3 aromatic rings. The second-order valence-electron chi connectivity index (χ2n) is 4.54. The molecule has 1 atom stereocenters. The highest BCUT2D eigenvalue weighted by molar-refractivity contribution is 7.11. The smallest absolute Gasteiger partial charge is 0.139 e. The largest absolute Gasteiger partial charge is 0.464 e. The molecule has 19 heavy (non-hydrogen) atoms. The minimum absolute atomic E-state index is 0.180. The molecule has 98 valence electrons. The molecule has 0 aliphatic rings. The average Bonchev–Trinajstić information content (AvgIpc) is 2.96. The van der Waals surface area contributed by atoms with Gasteiger partial charge in [0.05, 0.1) is 28.4 Å². The van der Waals surface area contributed by atoms with E-state index in [1.54, 1.807) is 23.8 Å². The third-order valence-corrected chi connectivity index (χ3v) is 4.32. The number of aryl methyl sites for hydroxylation is 2. The van der Waals surface area contributed by atoms with Gasteiger partial charge in [-0.2, -0.15) is 0 Å². The van der Waals surface area contributed by atoms with Gasteiger partial charge in [0.15, 0.2) is 0 Å². The van der Waals surface area contributed by atoms with E-state index in [1.165, 1.54) is 4.88 Å². The summed E-state index contributed by atoms with van der Waals surface area (Å²) in [4.78, 5) is 10.1. The van der Waals surface area contributed by atoms with Crippen molar-refractivity contribution < 1.29 is 4.42 Å². The van der Waals surface area contributed by atoms with Crippen molar-refractivity contribution in [3.8, 4) is 0 Å². The highest BCUT2D eigenvalue weighted by Gasteiger charge is 2.14. The molecule has 0 fully saturated rings. The van der Waals surface area contributed by atoms with E-state index in [-0.39, 0.29) is 6.04 Å². The predicted molar refractivity (Wildman–Crippen MR) is 77.6 cm³/mol. The summed E-state index contributed by atoms with van der Waals surface area (Å²) in [6, 6.07) is 3.98. The van der Waals surface area contributed by atoms with Crippen LogP contribution in [0.5, 0.6) is 0 Å². The number of hydrogen-bond donors (Lipinski definition) is 1. The first-order chi connectivity index (χ1) is 9.15. The van der Waals surface area contributed by atoms with Gasteiger partial charge in [0.2, 0.25) is 0 Å². The van der Waals surface area contributed by atoms with E-state index >= 15 is 0 Å². The first-order valence-corrected chi connectivity index (χ1v) is 6.99. The molecule has 4 nitrogen and oxygen atoms in total. The van der Waals surface area contributed by atoms with Gasteiger partial charge in [-0.05, 0) is 32.9 Å². The Balaban J connectivity index is 1.92. The minimum Gasteiger partial charge on any atom is -0.464 e. The number of furan rings is 1. The molecular weight excluding hydrogens is 258 g/mol. The Bertz CT molecular complexity index is 716. The van der Waals surface area contributed by atoms with Crippen LogP contribution in [0.2, 0.25) is 0 Å². The van der Waals surface area contributed by atoms with E-state index in [2.05, 4.69) is 22.2 Å². The highest BCUT2D eigenvalue weighted by Crippen LogP contribution is 2.29. The molecule has 0 aliphatic heterocycles. The van der Waals surface area contributed by atoms with Crippen molar-refractivity contribution in [2.24, 2.45) is 0 Å². The van der Waals surface area contributed by atoms with Crippen LogP contribution in [0.25, 0.3) is 11.0 Å². The lowest BCUT2D eigenvalue weighted by molar-refractivity contribution is 0.615. The zero-order valence-corrected chi connectivity index (χ0v) is 11.9. The fourth-order valence-electron chi connectivity index (χ4n) is 2.23. The molecule has 0 radical (unpaired) electrons. The van der Waals surface area contributed by atoms with Crippen LogP contribution in [-0.2, 0) is 0 Å². The molecule has 1 unspecified atom stereocenters. The zero-order chi connectivity index (χ0) is 13.4. The summed E-state index contributed by atoms with van der Waals surface area (Å²) < 4.78 is 5.38. The zero-order valence-electron chi connectivity index (χ0n) is 11.1. The third-order valence-electron chi connectivity index (χ3n) is 3.07. The number of thiazole rings is 1. The minimum atomic E-state index is 0.180. The Hall–Kier alpha value is -1.88. The summed E-state index contributed by atoms with van der Waals surface area (Å²) in [5.74, 6) is 0.851. The van der Waals surface area contributed by atoms with E-state index in [0.717, 1.165) is 27.5 Å². The summed E-state index contributed by atoms with van der Waals surface area (Å²) in [7, 11) is 0. The molecule has 0 saturated heterocycles. The molecule has 0 spiro atoms. The fourth-order valence-corrected chi connectivity index (χ4v) is 3.16. The molecule has 3 heterocycles. The molecule has 1 N–H and O–H groups in total. The molecule has 0 aromatic carbocycles. The van der Waals surface area contributed by atoms with E-state index in [1.807, 2.05) is 26.0 Å². The highest BCUT2D eigenvalue weighted by atomic mass is 32.1. The van der Waals surface area contributed by atoms with E-state index in [9.17, 15) is 0 Å². The summed E-state index contributed by atoms with van der Waals surface area (Å²) in [5, 5.41) is 5.54. The maximum absolute atomic E-state index is 5.38. The normalized spacial score (nSPS) is 12.8. The van der Waals surface area contributed by atoms with Gasteiger partial charge in [0, 0.05) is 11.1 Å². The summed E-state index contributed by atoms with van der Waals surface area (Å²) in [6.45, 7) is 6.20. The number of fused-ring (bicyclic) bond motifs is 1. The number of anilines is 1. The molecule has 0 bridgehead atoms. The van der Waals surface area contributed by atoms with Crippen molar-refractivity contribution in [3.63, 3.8) is 0 Å². The first kappa shape index (κ1) is 12.2. The van der Waals surface area contributed by atoms with Gasteiger partial charge < -0.3 is 9.73 Å². The van der Waals surface area contributed by atoms with Gasteiger partial charge in [0.25, 0.3) is 0 Å². The molecule has 3 rings (SSSR count). The second-order valence-corrected chi connectivity index (χ2v) is 5.78. The molecular formula is C14H15N3OS. The predicted octanol–water partition coefficient (Wildman–Crippen LogP) is 4.07. The quantitative estimate of drug-likeness (QED) is 0.781. The van der Waals surface area contributed by atoms with Crippen molar-refractivity contribution >= 4 is 28.1 Å². The first-order valence-electron chi connectivity index (χ1n) is 6.18. The summed E-state index contributed by atoms with van der Waals surface area (Å²) in [6.07, 6.45) is 3.44. The van der Waals surface area contributed by atoms with Crippen LogP contribution in [0.1, 0.15) is 28.5 Å². The summed E-state index contributed by atoms with van der Waals surface area (Å²) in [5.41, 5.74) is 1.93. The monoisotopic (exact) mass is 273 g/mol. The number of pyridine rings is 1. The van der Waals surface area contributed by atoms with Crippen LogP contribution < -0.4 is 5.32 Å². The Kier molecular flexibility index (Phi) is 2.98. The van der Waals surface area contributed by atoms with Gasteiger partial charge in [-0.3, -0.25) is 0 Å². The van der Waals surface area contributed by atoms with Gasteiger partial charge in [-0.25, -0.2) is 9.97 Å². The SMILES string of the molecule is Cc1nc(C)c(C(C)Nc2nccc3occc23)s1. The van der Waals surface area contributed by atoms with Crippen LogP contribution in [0.4, 0.5) is 5.82 Å². The summed E-state index contributed by atoms with van der Waals surface area (Å²) >= 11 is 1.72. The lowest BCUT2D eigenvalue weighted by Gasteiger charge is -2.13. The number of nitrogens with one attached hydrogen (secondary N) is 1. The van der Waals surface area contributed by atoms with Gasteiger partial charge in [0.1, 0.15) is 11.4 Å². The number of nitrogens with zero attached hydrogens (tertiary/aromatic N) is 2. The van der Waals surface area contributed by atoms with E-state index < -0.39 is 0 Å².